The molecule has 0 rings (SSSR count). The molecule has 0 saturated carbocycles. The fourth-order valence-corrected chi connectivity index (χ4v) is 2.22. The molecule has 7 heteroatoms. The zero-order valence-electron chi connectivity index (χ0n) is 16.4. The standard InChI is InChI=1S/C17H37N5O.HI/c1-7-15(5)21(6)14-13-20-17(18-8-2)19-12-11-16(23)22(9-3)10-4;/h15H,7-14H2,1-6H3,(H2,18,19,20);1H. The third-order valence-electron chi connectivity index (χ3n) is 4.16. The first kappa shape index (κ1) is 25.7. The Morgan fingerprint density at radius 3 is 2.25 bits per heavy atom. The van der Waals surface area contributed by atoms with Crippen LogP contribution in [-0.4, -0.2) is 74.0 Å². The first-order valence-corrected chi connectivity index (χ1v) is 9.00. The average Bonchev–Trinajstić information content (AvgIpc) is 2.55. The maximum Gasteiger partial charge on any atom is 0.224 e. The number of aliphatic imine (C=N–C) groups is 1. The van der Waals surface area contributed by atoms with E-state index < -0.39 is 0 Å². The maximum absolute atomic E-state index is 12.0. The highest BCUT2D eigenvalue weighted by molar-refractivity contribution is 14.0. The number of nitrogens with zero attached hydrogens (tertiary/aromatic N) is 3. The molecule has 24 heavy (non-hydrogen) atoms. The van der Waals surface area contributed by atoms with Gasteiger partial charge in [0.15, 0.2) is 5.96 Å². The number of rotatable bonds is 11. The average molecular weight is 455 g/mol. The van der Waals surface area contributed by atoms with Gasteiger partial charge in [0.25, 0.3) is 0 Å². The molecular formula is C17H38IN5O. The van der Waals surface area contributed by atoms with Gasteiger partial charge in [0, 0.05) is 45.2 Å². The minimum absolute atomic E-state index is 0. The lowest BCUT2D eigenvalue weighted by Gasteiger charge is -2.22. The second-order valence-corrected chi connectivity index (χ2v) is 5.74. The van der Waals surface area contributed by atoms with Crippen LogP contribution in [0, 0.1) is 0 Å². The third kappa shape index (κ3) is 11.1. The van der Waals surface area contributed by atoms with Crippen LogP contribution in [0.5, 0.6) is 0 Å². The van der Waals surface area contributed by atoms with Gasteiger partial charge in [-0.25, -0.2) is 0 Å². The normalized spacial score (nSPS) is 12.5. The molecule has 0 aliphatic rings. The van der Waals surface area contributed by atoms with Crippen LogP contribution >= 0.6 is 24.0 Å². The van der Waals surface area contributed by atoms with Crippen LogP contribution in [-0.2, 0) is 4.79 Å². The van der Waals surface area contributed by atoms with Crippen LogP contribution in [0.25, 0.3) is 0 Å². The lowest BCUT2D eigenvalue weighted by Crippen LogP contribution is -2.40. The molecule has 0 aromatic rings. The van der Waals surface area contributed by atoms with E-state index in [0.717, 1.165) is 45.1 Å². The van der Waals surface area contributed by atoms with E-state index in [-0.39, 0.29) is 29.9 Å². The van der Waals surface area contributed by atoms with Crippen molar-refractivity contribution in [2.24, 2.45) is 4.99 Å². The summed E-state index contributed by atoms with van der Waals surface area (Å²) in [7, 11) is 2.13. The fraction of sp³-hybridized carbons (Fsp3) is 0.882. The van der Waals surface area contributed by atoms with E-state index in [1.165, 1.54) is 0 Å². The highest BCUT2D eigenvalue weighted by atomic mass is 127. The van der Waals surface area contributed by atoms with Gasteiger partial charge < -0.3 is 20.4 Å². The van der Waals surface area contributed by atoms with Gasteiger partial charge in [-0.2, -0.15) is 0 Å². The van der Waals surface area contributed by atoms with Crippen LogP contribution in [0.1, 0.15) is 47.5 Å². The Bertz CT molecular complexity index is 348. The quantitative estimate of drug-likeness (QED) is 0.285. The summed E-state index contributed by atoms with van der Waals surface area (Å²) in [5.74, 6) is 0.979. The van der Waals surface area contributed by atoms with Gasteiger partial charge in [-0.3, -0.25) is 9.79 Å². The van der Waals surface area contributed by atoms with E-state index in [1.807, 2.05) is 25.7 Å². The second kappa shape index (κ2) is 15.9. The minimum Gasteiger partial charge on any atom is -0.357 e. The van der Waals surface area contributed by atoms with Crippen LogP contribution in [0.3, 0.4) is 0 Å². The third-order valence-corrected chi connectivity index (χ3v) is 4.16. The first-order valence-electron chi connectivity index (χ1n) is 9.00. The Balaban J connectivity index is 0. The summed E-state index contributed by atoms with van der Waals surface area (Å²) in [4.78, 5) is 20.7. The summed E-state index contributed by atoms with van der Waals surface area (Å²) in [5, 5.41) is 6.47. The Morgan fingerprint density at radius 2 is 1.75 bits per heavy atom. The van der Waals surface area contributed by atoms with Crippen LogP contribution in [0.15, 0.2) is 4.99 Å². The summed E-state index contributed by atoms with van der Waals surface area (Å²) in [5.41, 5.74) is 0. The predicted octanol–water partition coefficient (Wildman–Crippen LogP) is 2.15. The molecule has 0 aliphatic carbocycles. The summed E-state index contributed by atoms with van der Waals surface area (Å²) in [6.07, 6.45) is 1.64. The lowest BCUT2D eigenvalue weighted by molar-refractivity contribution is -0.130. The molecule has 144 valence electrons. The van der Waals surface area contributed by atoms with Crippen molar-refractivity contribution in [3.63, 3.8) is 0 Å². The summed E-state index contributed by atoms with van der Waals surface area (Å²) >= 11 is 0. The van der Waals surface area contributed by atoms with Crippen molar-refractivity contribution in [2.75, 3.05) is 46.3 Å². The number of nitrogens with one attached hydrogen (secondary N) is 2. The zero-order chi connectivity index (χ0) is 17.7. The molecule has 0 aliphatic heterocycles. The van der Waals surface area contributed by atoms with Gasteiger partial charge in [0.1, 0.15) is 0 Å². The molecule has 0 saturated heterocycles. The smallest absolute Gasteiger partial charge is 0.224 e. The van der Waals surface area contributed by atoms with Gasteiger partial charge in [0.05, 0.1) is 6.54 Å². The number of hydrogen-bond donors (Lipinski definition) is 2. The van der Waals surface area contributed by atoms with Crippen molar-refractivity contribution in [1.82, 2.24) is 20.4 Å². The highest BCUT2D eigenvalue weighted by Crippen LogP contribution is 1.99. The van der Waals surface area contributed by atoms with E-state index in [0.29, 0.717) is 19.0 Å². The molecule has 0 radical (unpaired) electrons. The van der Waals surface area contributed by atoms with Gasteiger partial charge in [-0.05, 0) is 41.2 Å². The first-order chi connectivity index (χ1) is 11.0. The summed E-state index contributed by atoms with van der Waals surface area (Å²) in [6, 6.07) is 0.576. The molecule has 1 atom stereocenters. The van der Waals surface area contributed by atoms with Gasteiger partial charge in [-0.1, -0.05) is 6.92 Å². The van der Waals surface area contributed by atoms with Gasteiger partial charge in [0.2, 0.25) is 5.91 Å². The Labute approximate surface area is 165 Å². The zero-order valence-corrected chi connectivity index (χ0v) is 18.7. The van der Waals surface area contributed by atoms with Crippen LogP contribution in [0.2, 0.25) is 0 Å². The SMILES string of the molecule is CCNC(=NCCN(C)C(C)CC)NCCC(=O)N(CC)CC.I. The molecule has 0 aromatic heterocycles. The van der Waals surface area contributed by atoms with Crippen molar-refractivity contribution >= 4 is 35.8 Å². The monoisotopic (exact) mass is 455 g/mol. The van der Waals surface area contributed by atoms with Gasteiger partial charge >= 0.3 is 0 Å². The maximum atomic E-state index is 12.0. The topological polar surface area (TPSA) is 60.0 Å². The fourth-order valence-electron chi connectivity index (χ4n) is 2.22. The lowest BCUT2D eigenvalue weighted by atomic mass is 10.2. The van der Waals surface area contributed by atoms with E-state index in [4.69, 9.17) is 0 Å². The highest BCUT2D eigenvalue weighted by Gasteiger charge is 2.09. The molecule has 0 fully saturated rings. The van der Waals surface area contributed by atoms with Crippen LogP contribution < -0.4 is 10.6 Å². The van der Waals surface area contributed by atoms with E-state index in [9.17, 15) is 4.79 Å². The summed E-state index contributed by atoms with van der Waals surface area (Å²) in [6.45, 7) is 15.1. The van der Waals surface area contributed by atoms with E-state index in [1.54, 1.807) is 0 Å². The molecule has 2 N–H and O–H groups in total. The number of likely N-dealkylation sites (N-methyl/N-ethyl adjacent to an activating group) is 1. The molecular weight excluding hydrogens is 417 g/mol. The number of amides is 1. The molecule has 6 nitrogen and oxygen atoms in total. The number of carbonyl (C=O) groups excluding carboxylic acids is 1. The number of guanidine groups is 1. The number of hydrogen-bond acceptors (Lipinski definition) is 3. The number of halogens is 1. The Hall–Kier alpha value is -0.570. The molecule has 0 bridgehead atoms. The second-order valence-electron chi connectivity index (χ2n) is 5.74. The largest absolute Gasteiger partial charge is 0.357 e. The van der Waals surface area contributed by atoms with Crippen molar-refractivity contribution in [3.8, 4) is 0 Å². The Morgan fingerprint density at radius 1 is 1.12 bits per heavy atom. The van der Waals surface area contributed by atoms with Crippen molar-refractivity contribution in [1.29, 1.82) is 0 Å². The van der Waals surface area contributed by atoms with Crippen molar-refractivity contribution in [3.05, 3.63) is 0 Å². The summed E-state index contributed by atoms with van der Waals surface area (Å²) < 4.78 is 0. The van der Waals surface area contributed by atoms with Crippen molar-refractivity contribution in [2.45, 2.75) is 53.5 Å². The van der Waals surface area contributed by atoms with E-state index >= 15 is 0 Å². The molecule has 0 heterocycles. The molecule has 1 amide bonds. The van der Waals surface area contributed by atoms with E-state index in [2.05, 4.69) is 41.4 Å². The van der Waals surface area contributed by atoms with Crippen LogP contribution in [0.4, 0.5) is 0 Å². The minimum atomic E-state index is 0. The Kier molecular flexibility index (Phi) is 17.0. The molecule has 0 spiro atoms. The predicted molar refractivity (Wildman–Crippen MR) is 114 cm³/mol. The number of carbonyl (C=O) groups is 1. The van der Waals surface area contributed by atoms with Gasteiger partial charge in [-0.15, -0.1) is 24.0 Å². The molecule has 1 unspecified atom stereocenters. The molecule has 0 aromatic carbocycles. The van der Waals surface area contributed by atoms with Crippen molar-refractivity contribution < 1.29 is 4.79 Å².